The third-order valence-corrected chi connectivity index (χ3v) is 3.38. The SMILES string of the molecule is COCCC(=O)N1CCCC2(C1)NC(=O)NC2=O. The summed E-state index contributed by atoms with van der Waals surface area (Å²) in [5.41, 5.74) is -0.932. The molecule has 0 radical (unpaired) electrons. The maximum Gasteiger partial charge on any atom is 0.322 e. The van der Waals surface area contributed by atoms with Crippen molar-refractivity contribution in [1.29, 1.82) is 0 Å². The van der Waals surface area contributed by atoms with Gasteiger partial charge in [-0.2, -0.15) is 0 Å². The Morgan fingerprint density at radius 1 is 1.50 bits per heavy atom. The number of hydrogen-bond donors (Lipinski definition) is 2. The minimum atomic E-state index is -0.932. The summed E-state index contributed by atoms with van der Waals surface area (Å²) in [4.78, 5) is 36.5. The van der Waals surface area contributed by atoms with Crippen molar-refractivity contribution in [2.24, 2.45) is 0 Å². The number of rotatable bonds is 3. The number of likely N-dealkylation sites (tertiary alicyclic amines) is 1. The molecule has 0 saturated carbocycles. The second-order valence-corrected chi connectivity index (χ2v) is 4.65. The highest BCUT2D eigenvalue weighted by Crippen LogP contribution is 2.24. The Morgan fingerprint density at radius 2 is 2.28 bits per heavy atom. The van der Waals surface area contributed by atoms with E-state index >= 15 is 0 Å². The minimum Gasteiger partial charge on any atom is -0.384 e. The van der Waals surface area contributed by atoms with Gasteiger partial charge in [0.2, 0.25) is 5.91 Å². The Labute approximate surface area is 105 Å². The number of amides is 4. The number of carbonyl (C=O) groups is 3. The van der Waals surface area contributed by atoms with Crippen molar-refractivity contribution in [1.82, 2.24) is 15.5 Å². The van der Waals surface area contributed by atoms with Gasteiger partial charge in [-0.15, -0.1) is 0 Å². The first kappa shape index (κ1) is 12.8. The predicted molar refractivity (Wildman–Crippen MR) is 61.7 cm³/mol. The lowest BCUT2D eigenvalue weighted by molar-refractivity contribution is -0.136. The van der Waals surface area contributed by atoms with Gasteiger partial charge in [0.1, 0.15) is 5.54 Å². The normalized spacial score (nSPS) is 27.3. The molecule has 4 amide bonds. The van der Waals surface area contributed by atoms with E-state index in [1.807, 2.05) is 0 Å². The fourth-order valence-corrected chi connectivity index (χ4v) is 2.43. The van der Waals surface area contributed by atoms with Crippen molar-refractivity contribution in [3.8, 4) is 0 Å². The van der Waals surface area contributed by atoms with Crippen molar-refractivity contribution in [2.45, 2.75) is 24.8 Å². The summed E-state index contributed by atoms with van der Waals surface area (Å²) in [7, 11) is 1.54. The molecule has 2 fully saturated rings. The van der Waals surface area contributed by atoms with Gasteiger partial charge < -0.3 is 15.0 Å². The molecule has 100 valence electrons. The number of imide groups is 1. The van der Waals surface area contributed by atoms with E-state index in [1.54, 1.807) is 4.90 Å². The molecule has 2 rings (SSSR count). The standard InChI is InChI=1S/C11H17N3O4/c1-18-6-3-8(15)14-5-2-4-11(7-14)9(16)12-10(17)13-11/h2-7H2,1H3,(H2,12,13,16,17). The number of nitrogens with zero attached hydrogens (tertiary/aromatic N) is 1. The second kappa shape index (κ2) is 4.93. The summed E-state index contributed by atoms with van der Waals surface area (Å²) in [6.07, 6.45) is 1.56. The summed E-state index contributed by atoms with van der Waals surface area (Å²) in [6, 6.07) is -0.480. The zero-order valence-corrected chi connectivity index (χ0v) is 10.3. The highest BCUT2D eigenvalue weighted by Gasteiger charge is 2.49. The van der Waals surface area contributed by atoms with Crippen LogP contribution in [0.4, 0.5) is 4.79 Å². The van der Waals surface area contributed by atoms with E-state index in [0.717, 1.165) is 0 Å². The van der Waals surface area contributed by atoms with E-state index < -0.39 is 11.6 Å². The van der Waals surface area contributed by atoms with Gasteiger partial charge in [0.25, 0.3) is 5.91 Å². The van der Waals surface area contributed by atoms with Gasteiger partial charge in [-0.05, 0) is 12.8 Å². The summed E-state index contributed by atoms with van der Waals surface area (Å²) < 4.78 is 4.86. The monoisotopic (exact) mass is 255 g/mol. The number of ether oxygens (including phenoxy) is 1. The number of carbonyl (C=O) groups excluding carboxylic acids is 3. The quantitative estimate of drug-likeness (QED) is 0.648. The Balaban J connectivity index is 2.02. The first-order valence-electron chi connectivity index (χ1n) is 5.98. The van der Waals surface area contributed by atoms with Crippen molar-refractivity contribution in [2.75, 3.05) is 26.8 Å². The molecule has 2 aliphatic rings. The average molecular weight is 255 g/mol. The van der Waals surface area contributed by atoms with Gasteiger partial charge in [0, 0.05) is 13.7 Å². The van der Waals surface area contributed by atoms with Crippen LogP contribution in [0.1, 0.15) is 19.3 Å². The average Bonchev–Trinajstić information content (AvgIpc) is 2.61. The zero-order valence-electron chi connectivity index (χ0n) is 10.3. The van der Waals surface area contributed by atoms with Gasteiger partial charge >= 0.3 is 6.03 Å². The number of urea groups is 1. The minimum absolute atomic E-state index is 0.0510. The van der Waals surface area contributed by atoms with E-state index in [0.29, 0.717) is 32.4 Å². The molecular weight excluding hydrogens is 238 g/mol. The lowest BCUT2D eigenvalue weighted by atomic mass is 9.89. The molecule has 0 bridgehead atoms. The molecule has 7 nitrogen and oxygen atoms in total. The van der Waals surface area contributed by atoms with Gasteiger partial charge in [-0.1, -0.05) is 0 Å². The van der Waals surface area contributed by atoms with Gasteiger partial charge in [-0.3, -0.25) is 14.9 Å². The number of piperidine rings is 1. The largest absolute Gasteiger partial charge is 0.384 e. The molecule has 1 unspecified atom stereocenters. The maximum atomic E-state index is 11.9. The van der Waals surface area contributed by atoms with Crippen LogP contribution in [-0.2, 0) is 14.3 Å². The number of methoxy groups -OCH3 is 1. The van der Waals surface area contributed by atoms with Gasteiger partial charge in [0.05, 0.1) is 19.6 Å². The molecule has 18 heavy (non-hydrogen) atoms. The zero-order chi connectivity index (χ0) is 13.2. The van der Waals surface area contributed by atoms with Gasteiger partial charge in [-0.25, -0.2) is 4.79 Å². The van der Waals surface area contributed by atoms with E-state index in [4.69, 9.17) is 4.74 Å². The summed E-state index contributed by atoms with van der Waals surface area (Å²) >= 11 is 0. The Hall–Kier alpha value is -1.63. The second-order valence-electron chi connectivity index (χ2n) is 4.65. The molecule has 2 saturated heterocycles. The van der Waals surface area contributed by atoms with Crippen molar-refractivity contribution < 1.29 is 19.1 Å². The first-order valence-corrected chi connectivity index (χ1v) is 5.98. The molecule has 0 aromatic carbocycles. The third kappa shape index (κ3) is 2.31. The highest BCUT2D eigenvalue weighted by molar-refractivity contribution is 6.07. The smallest absolute Gasteiger partial charge is 0.322 e. The number of nitrogens with one attached hydrogen (secondary N) is 2. The lowest BCUT2D eigenvalue weighted by Gasteiger charge is -2.38. The molecular formula is C11H17N3O4. The van der Waals surface area contributed by atoms with Crippen LogP contribution in [0.25, 0.3) is 0 Å². The fourth-order valence-electron chi connectivity index (χ4n) is 2.43. The van der Waals surface area contributed by atoms with E-state index in [-0.39, 0.29) is 18.4 Å². The van der Waals surface area contributed by atoms with Crippen LogP contribution in [0, 0.1) is 0 Å². The fraction of sp³-hybridized carbons (Fsp3) is 0.727. The Morgan fingerprint density at radius 3 is 2.89 bits per heavy atom. The summed E-state index contributed by atoms with van der Waals surface area (Å²) in [5, 5.41) is 4.86. The van der Waals surface area contributed by atoms with Crippen LogP contribution in [-0.4, -0.2) is 55.1 Å². The lowest BCUT2D eigenvalue weighted by Crippen LogP contribution is -2.59. The highest BCUT2D eigenvalue weighted by atomic mass is 16.5. The van der Waals surface area contributed by atoms with E-state index in [2.05, 4.69) is 10.6 Å². The van der Waals surface area contributed by atoms with Gasteiger partial charge in [0.15, 0.2) is 0 Å². The molecule has 7 heteroatoms. The Bertz CT molecular complexity index is 384. The van der Waals surface area contributed by atoms with Crippen LogP contribution >= 0.6 is 0 Å². The third-order valence-electron chi connectivity index (χ3n) is 3.38. The van der Waals surface area contributed by atoms with E-state index in [1.165, 1.54) is 7.11 Å². The molecule has 2 N–H and O–H groups in total. The molecule has 2 heterocycles. The van der Waals surface area contributed by atoms with Crippen LogP contribution in [0.3, 0.4) is 0 Å². The maximum absolute atomic E-state index is 11.9. The van der Waals surface area contributed by atoms with E-state index in [9.17, 15) is 14.4 Å². The molecule has 0 aromatic heterocycles. The van der Waals surface area contributed by atoms with Crippen molar-refractivity contribution in [3.05, 3.63) is 0 Å². The van der Waals surface area contributed by atoms with Crippen LogP contribution in [0.15, 0.2) is 0 Å². The van der Waals surface area contributed by atoms with Crippen molar-refractivity contribution >= 4 is 17.8 Å². The van der Waals surface area contributed by atoms with Crippen LogP contribution < -0.4 is 10.6 Å². The molecule has 2 aliphatic heterocycles. The first-order chi connectivity index (χ1) is 8.57. The number of hydrogen-bond acceptors (Lipinski definition) is 4. The summed E-state index contributed by atoms with van der Waals surface area (Å²) in [6.45, 7) is 1.22. The topological polar surface area (TPSA) is 87.7 Å². The van der Waals surface area contributed by atoms with Crippen molar-refractivity contribution in [3.63, 3.8) is 0 Å². The molecule has 0 aromatic rings. The Kier molecular flexibility index (Phi) is 3.51. The molecule has 0 aliphatic carbocycles. The molecule has 1 spiro atoms. The van der Waals surface area contributed by atoms with Crippen LogP contribution in [0.5, 0.6) is 0 Å². The molecule has 1 atom stereocenters. The van der Waals surface area contributed by atoms with Crippen LogP contribution in [0.2, 0.25) is 0 Å². The summed E-state index contributed by atoms with van der Waals surface area (Å²) in [5.74, 6) is -0.387. The predicted octanol–water partition coefficient (Wildman–Crippen LogP) is -0.776.